The molecular weight excluding hydrogens is 188 g/mol. The van der Waals surface area contributed by atoms with E-state index in [1.54, 1.807) is 0 Å². The van der Waals surface area contributed by atoms with Crippen LogP contribution in [-0.4, -0.2) is 30.9 Å². The average molecular weight is 214 g/mol. The Morgan fingerprint density at radius 2 is 1.93 bits per heavy atom. The number of amides is 1. The maximum absolute atomic E-state index is 11.7. The highest BCUT2D eigenvalue weighted by Crippen LogP contribution is 2.26. The molecule has 0 aromatic rings. The number of carbonyl (C=O) groups excluding carboxylic acids is 1. The summed E-state index contributed by atoms with van der Waals surface area (Å²) in [7, 11) is 1.88. The molecular formula is C12H26N2O. The van der Waals surface area contributed by atoms with Crippen molar-refractivity contribution in [2.45, 2.75) is 46.5 Å². The summed E-state index contributed by atoms with van der Waals surface area (Å²) in [4.78, 5) is 13.5. The first-order valence-electron chi connectivity index (χ1n) is 5.87. The number of nitrogens with two attached hydrogens (primary N) is 1. The van der Waals surface area contributed by atoms with Crippen LogP contribution in [-0.2, 0) is 4.79 Å². The van der Waals surface area contributed by atoms with E-state index in [0.29, 0.717) is 13.0 Å². The number of hydrogen-bond donors (Lipinski definition) is 1. The summed E-state index contributed by atoms with van der Waals surface area (Å²) in [5.41, 5.74) is 5.73. The van der Waals surface area contributed by atoms with Gasteiger partial charge >= 0.3 is 0 Å². The predicted molar refractivity (Wildman–Crippen MR) is 64.6 cm³/mol. The molecule has 2 N–H and O–H groups in total. The summed E-state index contributed by atoms with van der Waals surface area (Å²) in [6.45, 7) is 7.99. The average Bonchev–Trinajstić information content (AvgIpc) is 2.14. The van der Waals surface area contributed by atoms with Gasteiger partial charge < -0.3 is 10.6 Å². The van der Waals surface area contributed by atoms with Crippen LogP contribution in [0.2, 0.25) is 0 Å². The molecule has 3 nitrogen and oxygen atoms in total. The van der Waals surface area contributed by atoms with Gasteiger partial charge in [0.05, 0.1) is 0 Å². The van der Waals surface area contributed by atoms with Crippen LogP contribution in [0.5, 0.6) is 0 Å². The molecule has 0 unspecified atom stereocenters. The smallest absolute Gasteiger partial charge is 0.222 e. The van der Waals surface area contributed by atoms with E-state index in [4.69, 9.17) is 5.73 Å². The molecule has 0 atom stereocenters. The van der Waals surface area contributed by atoms with Crippen molar-refractivity contribution in [2.24, 2.45) is 11.1 Å². The summed E-state index contributed by atoms with van der Waals surface area (Å²) < 4.78 is 0. The van der Waals surface area contributed by atoms with Gasteiger partial charge in [0.1, 0.15) is 0 Å². The monoisotopic (exact) mass is 214 g/mol. The highest BCUT2D eigenvalue weighted by atomic mass is 16.2. The molecule has 0 saturated carbocycles. The molecule has 1 amide bonds. The number of nitrogens with zero attached hydrogens (tertiary/aromatic N) is 1. The zero-order chi connectivity index (χ0) is 11.9. The third kappa shape index (κ3) is 6.50. The lowest BCUT2D eigenvalue weighted by Crippen LogP contribution is -2.29. The van der Waals surface area contributed by atoms with E-state index in [1.165, 1.54) is 0 Å². The molecule has 15 heavy (non-hydrogen) atoms. The van der Waals surface area contributed by atoms with E-state index in [-0.39, 0.29) is 11.3 Å². The SMILES string of the molecule is CCCN(C)C(=O)CCC(C)(C)CCN. The van der Waals surface area contributed by atoms with Crippen molar-refractivity contribution in [1.82, 2.24) is 4.90 Å². The Morgan fingerprint density at radius 1 is 1.33 bits per heavy atom. The molecule has 0 spiro atoms. The first-order chi connectivity index (χ1) is 6.93. The van der Waals surface area contributed by atoms with Crippen LogP contribution in [0, 0.1) is 5.41 Å². The van der Waals surface area contributed by atoms with Crippen LogP contribution in [0.15, 0.2) is 0 Å². The topological polar surface area (TPSA) is 46.3 Å². The van der Waals surface area contributed by atoms with Crippen LogP contribution < -0.4 is 5.73 Å². The van der Waals surface area contributed by atoms with E-state index >= 15 is 0 Å². The van der Waals surface area contributed by atoms with Crippen molar-refractivity contribution in [3.8, 4) is 0 Å². The molecule has 0 saturated heterocycles. The normalized spacial score (nSPS) is 11.5. The molecule has 0 fully saturated rings. The second-order valence-electron chi connectivity index (χ2n) is 5.02. The lowest BCUT2D eigenvalue weighted by molar-refractivity contribution is -0.130. The molecule has 0 heterocycles. The number of rotatable bonds is 7. The van der Waals surface area contributed by atoms with Gasteiger partial charge in [0.2, 0.25) is 5.91 Å². The zero-order valence-electron chi connectivity index (χ0n) is 10.7. The Morgan fingerprint density at radius 3 is 2.40 bits per heavy atom. The van der Waals surface area contributed by atoms with E-state index < -0.39 is 0 Å². The molecule has 3 heteroatoms. The van der Waals surface area contributed by atoms with Crippen LogP contribution in [0.4, 0.5) is 0 Å². The number of hydrogen-bond acceptors (Lipinski definition) is 2. The van der Waals surface area contributed by atoms with Crippen LogP contribution >= 0.6 is 0 Å². The fourth-order valence-corrected chi connectivity index (χ4v) is 1.61. The number of carbonyl (C=O) groups is 1. The maximum atomic E-state index is 11.7. The van der Waals surface area contributed by atoms with Gasteiger partial charge in [-0.25, -0.2) is 0 Å². The fraction of sp³-hybridized carbons (Fsp3) is 0.917. The van der Waals surface area contributed by atoms with Gasteiger partial charge in [-0.1, -0.05) is 20.8 Å². The van der Waals surface area contributed by atoms with Crippen molar-refractivity contribution in [3.63, 3.8) is 0 Å². The molecule has 0 radical (unpaired) electrons. The molecule has 90 valence electrons. The van der Waals surface area contributed by atoms with Gasteiger partial charge in [0, 0.05) is 20.0 Å². The van der Waals surface area contributed by atoms with E-state index in [0.717, 1.165) is 25.8 Å². The third-order valence-electron chi connectivity index (χ3n) is 2.82. The molecule has 0 bridgehead atoms. The van der Waals surface area contributed by atoms with Crippen LogP contribution in [0.3, 0.4) is 0 Å². The van der Waals surface area contributed by atoms with Crippen LogP contribution in [0.25, 0.3) is 0 Å². The largest absolute Gasteiger partial charge is 0.346 e. The lowest BCUT2D eigenvalue weighted by atomic mass is 9.84. The summed E-state index contributed by atoms with van der Waals surface area (Å²) in [6, 6.07) is 0. The van der Waals surface area contributed by atoms with E-state index in [1.807, 2.05) is 11.9 Å². The lowest BCUT2D eigenvalue weighted by Gasteiger charge is -2.25. The zero-order valence-corrected chi connectivity index (χ0v) is 10.7. The standard InChI is InChI=1S/C12H26N2O/c1-5-10-14(4)11(15)6-7-12(2,3)8-9-13/h5-10,13H2,1-4H3. The minimum Gasteiger partial charge on any atom is -0.346 e. The second-order valence-corrected chi connectivity index (χ2v) is 5.02. The minimum atomic E-state index is 0.192. The highest BCUT2D eigenvalue weighted by molar-refractivity contribution is 5.75. The fourth-order valence-electron chi connectivity index (χ4n) is 1.61. The third-order valence-corrected chi connectivity index (χ3v) is 2.82. The van der Waals surface area contributed by atoms with E-state index in [2.05, 4.69) is 20.8 Å². The summed E-state index contributed by atoms with van der Waals surface area (Å²) in [6.07, 6.45) is 3.58. The van der Waals surface area contributed by atoms with Crippen molar-refractivity contribution in [3.05, 3.63) is 0 Å². The van der Waals surface area contributed by atoms with Gasteiger partial charge in [-0.3, -0.25) is 4.79 Å². The van der Waals surface area contributed by atoms with Crippen molar-refractivity contribution < 1.29 is 4.79 Å². The van der Waals surface area contributed by atoms with Crippen molar-refractivity contribution in [1.29, 1.82) is 0 Å². The maximum Gasteiger partial charge on any atom is 0.222 e. The Labute approximate surface area is 94.0 Å². The van der Waals surface area contributed by atoms with Gasteiger partial charge in [-0.15, -0.1) is 0 Å². The summed E-state index contributed by atoms with van der Waals surface area (Å²) >= 11 is 0. The van der Waals surface area contributed by atoms with Gasteiger partial charge in [0.15, 0.2) is 0 Å². The summed E-state index contributed by atoms with van der Waals surface area (Å²) in [5, 5.41) is 0. The predicted octanol–water partition coefficient (Wildman–Crippen LogP) is 2.01. The van der Waals surface area contributed by atoms with Gasteiger partial charge in [0.25, 0.3) is 0 Å². The van der Waals surface area contributed by atoms with Crippen molar-refractivity contribution in [2.75, 3.05) is 20.1 Å². The Kier molecular flexibility index (Phi) is 6.57. The van der Waals surface area contributed by atoms with E-state index in [9.17, 15) is 4.79 Å². The Balaban J connectivity index is 3.88. The van der Waals surface area contributed by atoms with Crippen molar-refractivity contribution >= 4 is 5.91 Å². The molecule has 0 aromatic heterocycles. The Bertz CT molecular complexity index is 190. The highest BCUT2D eigenvalue weighted by Gasteiger charge is 2.19. The quantitative estimate of drug-likeness (QED) is 0.704. The molecule has 0 aromatic carbocycles. The molecule has 0 aliphatic rings. The molecule has 0 aliphatic carbocycles. The minimum absolute atomic E-state index is 0.192. The summed E-state index contributed by atoms with van der Waals surface area (Å²) in [5.74, 6) is 0.252. The second kappa shape index (κ2) is 6.83. The first-order valence-corrected chi connectivity index (χ1v) is 5.87. The first kappa shape index (κ1) is 14.4. The Hall–Kier alpha value is -0.570. The van der Waals surface area contributed by atoms with Gasteiger partial charge in [-0.05, 0) is 31.2 Å². The molecule has 0 rings (SSSR count). The molecule has 0 aliphatic heterocycles. The van der Waals surface area contributed by atoms with Gasteiger partial charge in [-0.2, -0.15) is 0 Å². The van der Waals surface area contributed by atoms with Crippen LogP contribution in [0.1, 0.15) is 46.5 Å².